The fourth-order valence-electron chi connectivity index (χ4n) is 1.13. The number of hydrogen-bond acceptors (Lipinski definition) is 1. The molecule has 1 aromatic rings. The highest BCUT2D eigenvalue weighted by atomic mass is 32.2. The van der Waals surface area contributed by atoms with Crippen LogP contribution in [0.3, 0.4) is 0 Å². The zero-order chi connectivity index (χ0) is 10.6. The van der Waals surface area contributed by atoms with Gasteiger partial charge in [0, 0.05) is 5.25 Å². The number of rotatable bonds is 2. The molecule has 0 aliphatic heterocycles. The second kappa shape index (κ2) is 4.97. The van der Waals surface area contributed by atoms with Gasteiger partial charge >= 0.3 is 0 Å². The van der Waals surface area contributed by atoms with E-state index in [9.17, 15) is 4.21 Å². The van der Waals surface area contributed by atoms with Crippen LogP contribution in [-0.2, 0) is 10.8 Å². The first-order chi connectivity index (χ1) is 6.65. The Labute approximate surface area is 88.0 Å². The van der Waals surface area contributed by atoms with Crippen molar-refractivity contribution in [2.75, 3.05) is 0 Å². The summed E-state index contributed by atoms with van der Waals surface area (Å²) in [4.78, 5) is 0.781. The Morgan fingerprint density at radius 3 is 2.21 bits per heavy atom. The molecule has 74 valence electrons. The van der Waals surface area contributed by atoms with Crippen LogP contribution in [0.2, 0.25) is 0 Å². The van der Waals surface area contributed by atoms with Crippen LogP contribution >= 0.6 is 0 Å². The summed E-state index contributed by atoms with van der Waals surface area (Å²) >= 11 is 0. The Morgan fingerprint density at radius 2 is 1.79 bits per heavy atom. The van der Waals surface area contributed by atoms with Crippen molar-refractivity contribution in [3.8, 4) is 11.2 Å². The van der Waals surface area contributed by atoms with Gasteiger partial charge in [0.05, 0.1) is 4.90 Å². The molecule has 1 aromatic carbocycles. The zero-order valence-electron chi connectivity index (χ0n) is 8.70. The average Bonchev–Trinajstić information content (AvgIpc) is 2.18. The SMILES string of the molecule is CC#CS(=O)c1ccc(C(C)C)cc1. The molecule has 0 amide bonds. The average molecular weight is 206 g/mol. The van der Waals surface area contributed by atoms with E-state index in [0.29, 0.717) is 5.92 Å². The molecule has 14 heavy (non-hydrogen) atoms. The van der Waals surface area contributed by atoms with Gasteiger partial charge in [0.1, 0.15) is 10.8 Å². The molecule has 0 saturated carbocycles. The lowest BCUT2D eigenvalue weighted by Crippen LogP contribution is -1.90. The molecule has 1 unspecified atom stereocenters. The van der Waals surface area contributed by atoms with Crippen LogP contribution in [0.4, 0.5) is 0 Å². The minimum absolute atomic E-state index is 0.509. The monoisotopic (exact) mass is 206 g/mol. The normalized spacial score (nSPS) is 12.0. The first-order valence-electron chi connectivity index (χ1n) is 4.59. The molecule has 0 aliphatic carbocycles. The molecule has 0 radical (unpaired) electrons. The molecule has 0 fully saturated rings. The van der Waals surface area contributed by atoms with E-state index in [2.05, 4.69) is 25.0 Å². The first kappa shape index (κ1) is 11.0. The highest BCUT2D eigenvalue weighted by molar-refractivity contribution is 7.89. The summed E-state index contributed by atoms with van der Waals surface area (Å²) in [6.07, 6.45) is 0. The van der Waals surface area contributed by atoms with Crippen molar-refractivity contribution < 1.29 is 4.21 Å². The topological polar surface area (TPSA) is 17.1 Å². The fraction of sp³-hybridized carbons (Fsp3) is 0.333. The largest absolute Gasteiger partial charge is 0.240 e. The molecule has 0 spiro atoms. The Hall–Kier alpha value is -1.07. The maximum Gasteiger partial charge on any atom is 0.130 e. The summed E-state index contributed by atoms with van der Waals surface area (Å²) < 4.78 is 11.5. The summed E-state index contributed by atoms with van der Waals surface area (Å²) in [6.45, 7) is 5.97. The van der Waals surface area contributed by atoms with E-state index in [4.69, 9.17) is 0 Å². The van der Waals surface area contributed by atoms with Crippen molar-refractivity contribution in [1.82, 2.24) is 0 Å². The van der Waals surface area contributed by atoms with Gasteiger partial charge in [-0.1, -0.05) is 31.9 Å². The molecular weight excluding hydrogens is 192 g/mol. The fourth-order valence-corrected chi connectivity index (χ4v) is 1.81. The van der Waals surface area contributed by atoms with E-state index >= 15 is 0 Å². The van der Waals surface area contributed by atoms with Crippen molar-refractivity contribution in [3.63, 3.8) is 0 Å². The van der Waals surface area contributed by atoms with Gasteiger partial charge in [-0.15, -0.1) is 0 Å². The molecule has 0 heterocycles. The Kier molecular flexibility index (Phi) is 3.91. The lowest BCUT2D eigenvalue weighted by molar-refractivity contribution is 0.689. The quantitative estimate of drug-likeness (QED) is 0.680. The van der Waals surface area contributed by atoms with Crippen molar-refractivity contribution in [2.24, 2.45) is 0 Å². The van der Waals surface area contributed by atoms with Gasteiger partial charge in [0.25, 0.3) is 0 Å². The van der Waals surface area contributed by atoms with E-state index in [-0.39, 0.29) is 0 Å². The first-order valence-corrected chi connectivity index (χ1v) is 5.74. The highest BCUT2D eigenvalue weighted by Crippen LogP contribution is 2.16. The summed E-state index contributed by atoms with van der Waals surface area (Å²) in [5, 5.41) is 2.63. The summed E-state index contributed by atoms with van der Waals surface area (Å²) in [6, 6.07) is 7.79. The van der Waals surface area contributed by atoms with Crippen molar-refractivity contribution in [1.29, 1.82) is 0 Å². The molecule has 0 N–H and O–H groups in total. The van der Waals surface area contributed by atoms with Crippen LogP contribution in [0, 0.1) is 11.2 Å². The third kappa shape index (κ3) is 2.71. The Bertz CT molecular complexity index is 379. The standard InChI is InChI=1S/C12H14OS/c1-4-9-14(13)12-7-5-11(6-8-12)10(2)3/h5-8,10H,1-3H3. The summed E-state index contributed by atoms with van der Waals surface area (Å²) in [5.74, 6) is 3.16. The van der Waals surface area contributed by atoms with Gasteiger partial charge < -0.3 is 0 Å². The predicted molar refractivity (Wildman–Crippen MR) is 60.4 cm³/mol. The number of benzene rings is 1. The summed E-state index contributed by atoms with van der Waals surface area (Å²) in [7, 11) is -1.17. The smallest absolute Gasteiger partial charge is 0.130 e. The third-order valence-electron chi connectivity index (χ3n) is 1.96. The molecule has 1 rings (SSSR count). The van der Waals surface area contributed by atoms with Crippen LogP contribution in [0.25, 0.3) is 0 Å². The van der Waals surface area contributed by atoms with E-state index < -0.39 is 10.8 Å². The van der Waals surface area contributed by atoms with Gasteiger partial charge in [-0.2, -0.15) is 0 Å². The molecule has 0 bridgehead atoms. The lowest BCUT2D eigenvalue weighted by Gasteiger charge is -2.04. The van der Waals surface area contributed by atoms with Crippen LogP contribution < -0.4 is 0 Å². The second-order valence-electron chi connectivity index (χ2n) is 3.34. The molecular formula is C12H14OS. The Balaban J connectivity index is 2.92. The van der Waals surface area contributed by atoms with E-state index in [1.807, 2.05) is 24.3 Å². The highest BCUT2D eigenvalue weighted by Gasteiger charge is 2.01. The zero-order valence-corrected chi connectivity index (χ0v) is 9.52. The lowest BCUT2D eigenvalue weighted by atomic mass is 10.0. The van der Waals surface area contributed by atoms with Crippen molar-refractivity contribution in [3.05, 3.63) is 29.8 Å². The molecule has 0 aromatic heterocycles. The molecule has 1 nitrogen and oxygen atoms in total. The van der Waals surface area contributed by atoms with Crippen LogP contribution in [0.5, 0.6) is 0 Å². The molecule has 1 atom stereocenters. The van der Waals surface area contributed by atoms with E-state index in [0.717, 1.165) is 4.90 Å². The number of hydrogen-bond donors (Lipinski definition) is 0. The minimum atomic E-state index is -1.17. The minimum Gasteiger partial charge on any atom is -0.240 e. The van der Waals surface area contributed by atoms with Gasteiger partial charge in [-0.05, 0) is 30.5 Å². The van der Waals surface area contributed by atoms with Crippen LogP contribution in [-0.4, -0.2) is 4.21 Å². The molecule has 0 aliphatic rings. The Morgan fingerprint density at radius 1 is 1.21 bits per heavy atom. The molecule has 0 saturated heterocycles. The predicted octanol–water partition coefficient (Wildman–Crippen LogP) is 2.90. The van der Waals surface area contributed by atoms with Crippen LogP contribution in [0.15, 0.2) is 29.2 Å². The van der Waals surface area contributed by atoms with E-state index in [1.54, 1.807) is 6.92 Å². The second-order valence-corrected chi connectivity index (χ2v) is 4.56. The maximum absolute atomic E-state index is 11.5. The summed E-state index contributed by atoms with van der Waals surface area (Å²) in [5.41, 5.74) is 1.26. The van der Waals surface area contributed by atoms with Gasteiger partial charge in [0.2, 0.25) is 0 Å². The van der Waals surface area contributed by atoms with Gasteiger partial charge in [0.15, 0.2) is 0 Å². The van der Waals surface area contributed by atoms with Crippen molar-refractivity contribution in [2.45, 2.75) is 31.6 Å². The van der Waals surface area contributed by atoms with E-state index in [1.165, 1.54) is 5.56 Å². The van der Waals surface area contributed by atoms with Gasteiger partial charge in [-0.3, -0.25) is 0 Å². The van der Waals surface area contributed by atoms with Crippen LogP contribution in [0.1, 0.15) is 32.3 Å². The third-order valence-corrected chi connectivity index (χ3v) is 3.05. The molecule has 2 heteroatoms. The van der Waals surface area contributed by atoms with Gasteiger partial charge in [-0.25, -0.2) is 4.21 Å². The maximum atomic E-state index is 11.5. The van der Waals surface area contributed by atoms with Crippen molar-refractivity contribution >= 4 is 10.8 Å².